The molecule has 0 radical (unpaired) electrons. The van der Waals surface area contributed by atoms with Crippen LogP contribution < -0.4 is 9.47 Å². The van der Waals surface area contributed by atoms with Crippen molar-refractivity contribution in [2.24, 2.45) is 0 Å². The Morgan fingerprint density at radius 3 is 1.85 bits per heavy atom. The van der Waals surface area contributed by atoms with Gasteiger partial charge < -0.3 is 14.6 Å². The maximum absolute atomic E-state index is 11.3. The summed E-state index contributed by atoms with van der Waals surface area (Å²) in [6.07, 6.45) is 10.8. The van der Waals surface area contributed by atoms with Crippen molar-refractivity contribution in [3.8, 4) is 17.8 Å². The first-order valence-electron chi connectivity index (χ1n) is 9.50. The number of nitriles is 1. The third kappa shape index (κ3) is 4.84. The van der Waals surface area contributed by atoms with Gasteiger partial charge in [0, 0.05) is 0 Å². The van der Waals surface area contributed by atoms with Crippen LogP contribution in [0, 0.1) is 11.3 Å². The van der Waals surface area contributed by atoms with E-state index >= 15 is 0 Å². The lowest BCUT2D eigenvalue weighted by atomic mass is 9.98. The summed E-state index contributed by atoms with van der Waals surface area (Å²) in [6.45, 7) is 0. The number of carboxylic acid groups (broad SMARTS) is 1. The summed E-state index contributed by atoms with van der Waals surface area (Å²) in [4.78, 5) is 19.7. The van der Waals surface area contributed by atoms with Gasteiger partial charge in [0.25, 0.3) is 0 Å². The second-order valence-corrected chi connectivity index (χ2v) is 7.06. The predicted octanol–water partition coefficient (Wildman–Crippen LogP) is 3.59. The number of carboxylic acids is 1. The van der Waals surface area contributed by atoms with Crippen LogP contribution in [0.2, 0.25) is 0 Å². The molecule has 26 heavy (non-hydrogen) atoms. The number of aliphatic carboxylic acids is 1. The molecule has 1 N–H and O–H groups in total. The summed E-state index contributed by atoms with van der Waals surface area (Å²) in [5.74, 6) is -2.17. The number of rotatable bonds is 6. The van der Waals surface area contributed by atoms with Gasteiger partial charge in [-0.05, 0) is 51.4 Å². The van der Waals surface area contributed by atoms with Gasteiger partial charge in [-0.15, -0.1) is 0 Å². The Labute approximate surface area is 153 Å². The molecule has 2 fully saturated rings. The van der Waals surface area contributed by atoms with Crippen molar-refractivity contribution < 1.29 is 19.4 Å². The average molecular weight is 359 g/mol. The molecule has 7 nitrogen and oxygen atoms in total. The van der Waals surface area contributed by atoms with E-state index in [1.807, 2.05) is 0 Å². The number of aromatic nitrogens is 2. The molecule has 1 aromatic rings. The first-order valence-corrected chi connectivity index (χ1v) is 9.50. The van der Waals surface area contributed by atoms with Crippen LogP contribution in [-0.2, 0) is 4.79 Å². The van der Waals surface area contributed by atoms with Crippen LogP contribution in [-0.4, -0.2) is 33.3 Å². The molecule has 2 aliphatic rings. The zero-order chi connectivity index (χ0) is 18.4. The van der Waals surface area contributed by atoms with Gasteiger partial charge in [-0.25, -0.2) is 0 Å². The van der Waals surface area contributed by atoms with Crippen LogP contribution in [0.15, 0.2) is 6.07 Å². The lowest BCUT2D eigenvalue weighted by Gasteiger charge is -2.24. The number of carbonyl (C=O) groups is 1. The smallest absolute Gasteiger partial charge is 0.328 e. The Bertz CT molecular complexity index is 623. The fourth-order valence-corrected chi connectivity index (χ4v) is 3.60. The summed E-state index contributed by atoms with van der Waals surface area (Å²) in [5, 5.41) is 18.4. The maximum atomic E-state index is 11.3. The van der Waals surface area contributed by atoms with Crippen molar-refractivity contribution in [3.05, 3.63) is 11.9 Å². The van der Waals surface area contributed by atoms with Gasteiger partial charge >= 0.3 is 5.97 Å². The van der Waals surface area contributed by atoms with Gasteiger partial charge in [0.2, 0.25) is 17.7 Å². The Morgan fingerprint density at radius 1 is 1.00 bits per heavy atom. The zero-order valence-electron chi connectivity index (χ0n) is 14.9. The van der Waals surface area contributed by atoms with Crippen LogP contribution in [0.1, 0.15) is 76.0 Å². The van der Waals surface area contributed by atoms with Gasteiger partial charge in [-0.1, -0.05) is 12.8 Å². The summed E-state index contributed by atoms with van der Waals surface area (Å²) in [5.41, 5.74) is 0. The predicted molar refractivity (Wildman–Crippen MR) is 93.0 cm³/mol. The minimum Gasteiger partial charge on any atom is -0.480 e. The molecule has 1 atom stereocenters. The fraction of sp³-hybridized carbons (Fsp3) is 0.684. The van der Waals surface area contributed by atoms with Crippen molar-refractivity contribution in [2.45, 2.75) is 82.3 Å². The topological polar surface area (TPSA) is 105 Å². The second kappa shape index (κ2) is 8.84. The summed E-state index contributed by atoms with van der Waals surface area (Å²) >= 11 is 0. The van der Waals surface area contributed by atoms with Crippen LogP contribution in [0.3, 0.4) is 0 Å². The summed E-state index contributed by atoms with van der Waals surface area (Å²) in [6, 6.07) is 3.37. The monoisotopic (exact) mass is 359 g/mol. The van der Waals surface area contributed by atoms with Gasteiger partial charge in [0.1, 0.15) is 12.2 Å². The first kappa shape index (κ1) is 18.4. The molecule has 0 aliphatic heterocycles. The van der Waals surface area contributed by atoms with E-state index in [-0.39, 0.29) is 18.0 Å². The fourth-order valence-electron chi connectivity index (χ4n) is 3.60. The molecule has 3 rings (SSSR count). The number of hydrogen-bond donors (Lipinski definition) is 1. The molecule has 0 saturated heterocycles. The van der Waals surface area contributed by atoms with Gasteiger partial charge in [-0.3, -0.25) is 4.79 Å². The third-order valence-electron chi connectivity index (χ3n) is 5.01. The van der Waals surface area contributed by atoms with E-state index in [1.165, 1.54) is 12.8 Å². The zero-order valence-corrected chi connectivity index (χ0v) is 14.9. The van der Waals surface area contributed by atoms with Crippen LogP contribution in [0.4, 0.5) is 0 Å². The molecule has 0 amide bonds. The lowest BCUT2D eigenvalue weighted by Crippen LogP contribution is -2.23. The van der Waals surface area contributed by atoms with Crippen LogP contribution in [0.5, 0.6) is 11.8 Å². The molecule has 2 saturated carbocycles. The molecule has 140 valence electrons. The van der Waals surface area contributed by atoms with E-state index in [4.69, 9.17) is 9.47 Å². The number of nitrogens with zero attached hydrogens (tertiary/aromatic N) is 3. The highest BCUT2D eigenvalue weighted by Gasteiger charge is 2.26. The van der Waals surface area contributed by atoms with Crippen molar-refractivity contribution in [1.82, 2.24) is 9.97 Å². The van der Waals surface area contributed by atoms with Gasteiger partial charge in [-0.2, -0.15) is 15.2 Å². The van der Waals surface area contributed by atoms with E-state index in [1.54, 1.807) is 12.1 Å². The second-order valence-electron chi connectivity index (χ2n) is 7.06. The highest BCUT2D eigenvalue weighted by Crippen LogP contribution is 2.28. The highest BCUT2D eigenvalue weighted by molar-refractivity contribution is 5.78. The Kier molecular flexibility index (Phi) is 6.26. The maximum Gasteiger partial charge on any atom is 0.328 e. The van der Waals surface area contributed by atoms with Crippen LogP contribution in [0.25, 0.3) is 0 Å². The van der Waals surface area contributed by atoms with E-state index in [2.05, 4.69) is 9.97 Å². The van der Waals surface area contributed by atoms with E-state index < -0.39 is 11.9 Å². The first-order chi connectivity index (χ1) is 12.7. The van der Waals surface area contributed by atoms with E-state index in [9.17, 15) is 15.2 Å². The minimum absolute atomic E-state index is 0.0689. The Balaban J connectivity index is 1.82. The lowest BCUT2D eigenvalue weighted by molar-refractivity contribution is -0.137. The third-order valence-corrected chi connectivity index (χ3v) is 5.01. The van der Waals surface area contributed by atoms with E-state index in [0.717, 1.165) is 51.4 Å². The Hall–Kier alpha value is -2.36. The summed E-state index contributed by atoms with van der Waals surface area (Å²) < 4.78 is 11.9. The molecule has 1 heterocycles. The van der Waals surface area contributed by atoms with Crippen molar-refractivity contribution in [3.63, 3.8) is 0 Å². The molecule has 2 aliphatic carbocycles. The quantitative estimate of drug-likeness (QED) is 0.827. The highest BCUT2D eigenvalue weighted by atomic mass is 16.5. The molecular weight excluding hydrogens is 334 g/mol. The van der Waals surface area contributed by atoms with Gasteiger partial charge in [0.05, 0.1) is 12.1 Å². The summed E-state index contributed by atoms with van der Waals surface area (Å²) in [7, 11) is 0. The van der Waals surface area contributed by atoms with Crippen molar-refractivity contribution >= 4 is 5.97 Å². The minimum atomic E-state index is -1.43. The van der Waals surface area contributed by atoms with Crippen molar-refractivity contribution in [1.29, 1.82) is 5.26 Å². The number of hydrogen-bond acceptors (Lipinski definition) is 6. The molecule has 0 aromatic carbocycles. The molecular formula is C19H25N3O4. The van der Waals surface area contributed by atoms with Crippen molar-refractivity contribution in [2.75, 3.05) is 0 Å². The number of ether oxygens (including phenoxy) is 2. The Morgan fingerprint density at radius 2 is 1.46 bits per heavy atom. The molecule has 1 aromatic heterocycles. The molecule has 0 spiro atoms. The SMILES string of the molecule is N#CC(C(=O)O)c1nc(OC2CCCCC2)cc(OC2CCCCC2)n1. The average Bonchev–Trinajstić information content (AvgIpc) is 2.63. The van der Waals surface area contributed by atoms with E-state index in [0.29, 0.717) is 11.8 Å². The van der Waals surface area contributed by atoms with Gasteiger partial charge in [0.15, 0.2) is 5.82 Å². The standard InChI is InChI=1S/C19H25N3O4/c20-12-15(19(23)24)18-21-16(25-13-7-3-1-4-8-13)11-17(22-18)26-14-9-5-2-6-10-14/h11,13-15H,1-10H2,(H,23,24). The largest absolute Gasteiger partial charge is 0.480 e. The van der Waals surface area contributed by atoms with Crippen LogP contribution >= 0.6 is 0 Å². The molecule has 7 heteroatoms. The normalized spacial score (nSPS) is 20.1. The molecule has 0 bridgehead atoms. The molecule has 1 unspecified atom stereocenters.